The fourth-order valence-corrected chi connectivity index (χ4v) is 2.87. The van der Waals surface area contributed by atoms with Crippen molar-refractivity contribution in [3.63, 3.8) is 0 Å². The third kappa shape index (κ3) is 2.68. The highest BCUT2D eigenvalue weighted by atomic mass is 16.5. The first-order chi connectivity index (χ1) is 10.2. The molecule has 1 aliphatic rings. The smallest absolute Gasteiger partial charge is 0.308 e. The average Bonchev–Trinajstić information content (AvgIpc) is 2.53. The summed E-state index contributed by atoms with van der Waals surface area (Å²) >= 11 is 0. The first-order valence-electron chi connectivity index (χ1n) is 7.25. The lowest BCUT2D eigenvalue weighted by atomic mass is 9.97. The van der Waals surface area contributed by atoms with E-state index in [4.69, 9.17) is 9.72 Å². The van der Waals surface area contributed by atoms with Crippen LogP contribution in [0.15, 0.2) is 24.3 Å². The summed E-state index contributed by atoms with van der Waals surface area (Å²) in [7, 11) is 1.45. The number of hydrogen-bond acceptors (Lipinski definition) is 5. The molecule has 0 N–H and O–H groups in total. The van der Waals surface area contributed by atoms with Crippen molar-refractivity contribution in [1.82, 2.24) is 9.97 Å². The number of ether oxygens (including phenoxy) is 1. The number of aryl methyl sites for hydroxylation is 1. The lowest BCUT2D eigenvalue weighted by molar-refractivity contribution is -0.146. The Morgan fingerprint density at radius 2 is 1.81 bits per heavy atom. The molecule has 0 atom stereocenters. The van der Waals surface area contributed by atoms with Crippen LogP contribution in [0, 0.1) is 12.8 Å². The highest BCUT2D eigenvalue weighted by Crippen LogP contribution is 2.26. The van der Waals surface area contributed by atoms with E-state index in [1.165, 1.54) is 7.11 Å². The molecule has 2 aromatic rings. The standard InChI is InChI=1S/C16H19N3O2/c1-11-15(18-14-6-4-3-5-13(14)17-11)19-9-7-12(8-10-19)16(20)21-2/h3-6,12H,7-10H2,1-2H3. The number of hydrogen-bond donors (Lipinski definition) is 0. The van der Waals surface area contributed by atoms with E-state index in [1.807, 2.05) is 31.2 Å². The van der Waals surface area contributed by atoms with Crippen molar-refractivity contribution in [2.24, 2.45) is 5.92 Å². The zero-order valence-corrected chi connectivity index (χ0v) is 12.4. The molecule has 0 aliphatic carbocycles. The predicted molar refractivity (Wildman–Crippen MR) is 81.2 cm³/mol. The van der Waals surface area contributed by atoms with Gasteiger partial charge in [0.15, 0.2) is 5.82 Å². The first kappa shape index (κ1) is 13.8. The van der Waals surface area contributed by atoms with E-state index >= 15 is 0 Å². The number of rotatable bonds is 2. The van der Waals surface area contributed by atoms with Crippen LogP contribution in [0.2, 0.25) is 0 Å². The second-order valence-corrected chi connectivity index (χ2v) is 5.41. The predicted octanol–water partition coefficient (Wildman–Crippen LogP) is 2.33. The second kappa shape index (κ2) is 5.68. The number of anilines is 1. The van der Waals surface area contributed by atoms with Gasteiger partial charge in [0, 0.05) is 13.1 Å². The highest BCUT2D eigenvalue weighted by Gasteiger charge is 2.27. The number of aromatic nitrogens is 2. The molecule has 0 bridgehead atoms. The van der Waals surface area contributed by atoms with Gasteiger partial charge < -0.3 is 9.64 Å². The van der Waals surface area contributed by atoms with Crippen LogP contribution in [0.25, 0.3) is 11.0 Å². The number of fused-ring (bicyclic) bond motifs is 1. The second-order valence-electron chi connectivity index (χ2n) is 5.41. The number of carbonyl (C=O) groups excluding carboxylic acids is 1. The molecule has 21 heavy (non-hydrogen) atoms. The summed E-state index contributed by atoms with van der Waals surface area (Å²) in [5.41, 5.74) is 2.77. The molecule has 2 heterocycles. The SMILES string of the molecule is COC(=O)C1CCN(c2nc3ccccc3nc2C)CC1. The van der Waals surface area contributed by atoms with Gasteiger partial charge in [-0.15, -0.1) is 0 Å². The van der Waals surface area contributed by atoms with Crippen molar-refractivity contribution in [1.29, 1.82) is 0 Å². The van der Waals surface area contributed by atoms with Gasteiger partial charge in [0.05, 0.1) is 29.8 Å². The Bertz CT molecular complexity index is 664. The summed E-state index contributed by atoms with van der Waals surface area (Å²) < 4.78 is 4.83. The molecule has 5 heteroatoms. The molecular formula is C16H19N3O2. The number of benzene rings is 1. The summed E-state index contributed by atoms with van der Waals surface area (Å²) in [6.07, 6.45) is 1.61. The Morgan fingerprint density at radius 3 is 2.43 bits per heavy atom. The lowest BCUT2D eigenvalue weighted by Gasteiger charge is -2.32. The first-order valence-corrected chi connectivity index (χ1v) is 7.25. The molecule has 0 saturated carbocycles. The number of esters is 1. The van der Waals surface area contributed by atoms with Gasteiger partial charge in [-0.25, -0.2) is 9.97 Å². The maximum absolute atomic E-state index is 11.6. The normalized spacial score (nSPS) is 16.2. The minimum Gasteiger partial charge on any atom is -0.469 e. The molecule has 5 nitrogen and oxygen atoms in total. The van der Waals surface area contributed by atoms with Crippen LogP contribution in [-0.4, -0.2) is 36.1 Å². The molecular weight excluding hydrogens is 266 g/mol. The largest absolute Gasteiger partial charge is 0.469 e. The van der Waals surface area contributed by atoms with Crippen molar-refractivity contribution in [2.45, 2.75) is 19.8 Å². The van der Waals surface area contributed by atoms with Gasteiger partial charge in [-0.1, -0.05) is 12.1 Å². The Balaban J connectivity index is 1.82. The molecule has 1 aliphatic heterocycles. The van der Waals surface area contributed by atoms with Gasteiger partial charge in [-0.3, -0.25) is 4.79 Å². The van der Waals surface area contributed by atoms with Crippen molar-refractivity contribution in [3.05, 3.63) is 30.0 Å². The molecule has 1 saturated heterocycles. The van der Waals surface area contributed by atoms with Crippen LogP contribution >= 0.6 is 0 Å². The quantitative estimate of drug-likeness (QED) is 0.793. The van der Waals surface area contributed by atoms with E-state index in [9.17, 15) is 4.79 Å². The molecule has 1 aromatic carbocycles. The van der Waals surface area contributed by atoms with Crippen molar-refractivity contribution in [3.8, 4) is 0 Å². The van der Waals surface area contributed by atoms with Gasteiger partial charge in [-0.2, -0.15) is 0 Å². The number of carbonyl (C=O) groups is 1. The molecule has 3 rings (SSSR count). The Kier molecular flexibility index (Phi) is 3.73. The summed E-state index contributed by atoms with van der Waals surface area (Å²) in [5, 5.41) is 0. The van der Waals surface area contributed by atoms with E-state index in [0.29, 0.717) is 0 Å². The third-order valence-electron chi connectivity index (χ3n) is 4.05. The van der Waals surface area contributed by atoms with E-state index in [0.717, 1.165) is 48.5 Å². The molecule has 0 amide bonds. The van der Waals surface area contributed by atoms with Gasteiger partial charge in [0.1, 0.15) is 0 Å². The maximum Gasteiger partial charge on any atom is 0.308 e. The van der Waals surface area contributed by atoms with Gasteiger partial charge >= 0.3 is 5.97 Å². The minimum atomic E-state index is -0.101. The maximum atomic E-state index is 11.6. The minimum absolute atomic E-state index is 0.0139. The van der Waals surface area contributed by atoms with E-state index in [-0.39, 0.29) is 11.9 Å². The van der Waals surface area contributed by atoms with Gasteiger partial charge in [-0.05, 0) is 31.9 Å². The van der Waals surface area contributed by atoms with E-state index in [2.05, 4.69) is 9.88 Å². The summed E-state index contributed by atoms with van der Waals surface area (Å²) in [6.45, 7) is 3.61. The monoisotopic (exact) mass is 285 g/mol. The van der Waals surface area contributed by atoms with Crippen molar-refractivity contribution >= 4 is 22.8 Å². The summed E-state index contributed by atoms with van der Waals surface area (Å²) in [5.74, 6) is 0.841. The van der Waals surface area contributed by atoms with E-state index in [1.54, 1.807) is 0 Å². The molecule has 1 fully saturated rings. The van der Waals surface area contributed by atoms with Crippen molar-refractivity contribution in [2.75, 3.05) is 25.1 Å². The Morgan fingerprint density at radius 1 is 1.19 bits per heavy atom. The van der Waals surface area contributed by atoms with Crippen LogP contribution < -0.4 is 4.90 Å². The highest BCUT2D eigenvalue weighted by molar-refractivity contribution is 5.76. The molecule has 1 aromatic heterocycles. The molecule has 0 spiro atoms. The lowest BCUT2D eigenvalue weighted by Crippen LogP contribution is -2.37. The molecule has 0 radical (unpaired) electrons. The number of nitrogens with zero attached hydrogens (tertiary/aromatic N) is 3. The topological polar surface area (TPSA) is 55.3 Å². The fourth-order valence-electron chi connectivity index (χ4n) is 2.87. The van der Waals surface area contributed by atoms with Crippen molar-refractivity contribution < 1.29 is 9.53 Å². The summed E-state index contributed by atoms with van der Waals surface area (Å²) in [4.78, 5) is 23.2. The molecule has 0 unspecified atom stereocenters. The zero-order valence-electron chi connectivity index (χ0n) is 12.4. The number of piperidine rings is 1. The van der Waals surface area contributed by atoms with E-state index < -0.39 is 0 Å². The van der Waals surface area contributed by atoms with Gasteiger partial charge in [0.2, 0.25) is 0 Å². The Hall–Kier alpha value is -2.17. The third-order valence-corrected chi connectivity index (χ3v) is 4.05. The number of para-hydroxylation sites is 2. The Labute approximate surface area is 124 Å². The van der Waals surface area contributed by atoms with Crippen LogP contribution in [-0.2, 0) is 9.53 Å². The van der Waals surface area contributed by atoms with Crippen LogP contribution in [0.4, 0.5) is 5.82 Å². The van der Waals surface area contributed by atoms with Crippen LogP contribution in [0.1, 0.15) is 18.5 Å². The summed E-state index contributed by atoms with van der Waals surface area (Å²) in [6, 6.07) is 7.90. The van der Waals surface area contributed by atoms with Crippen LogP contribution in [0.5, 0.6) is 0 Å². The van der Waals surface area contributed by atoms with Crippen LogP contribution in [0.3, 0.4) is 0 Å². The van der Waals surface area contributed by atoms with Gasteiger partial charge in [0.25, 0.3) is 0 Å². The zero-order chi connectivity index (χ0) is 14.8. The fraction of sp³-hybridized carbons (Fsp3) is 0.438. The molecule has 110 valence electrons. The number of methoxy groups -OCH3 is 1. The average molecular weight is 285 g/mol.